The van der Waals surface area contributed by atoms with Crippen molar-refractivity contribution in [3.8, 4) is 0 Å². The summed E-state index contributed by atoms with van der Waals surface area (Å²) in [7, 11) is 1.82. The van der Waals surface area contributed by atoms with Crippen molar-refractivity contribution in [1.82, 2.24) is 4.90 Å². The van der Waals surface area contributed by atoms with E-state index >= 15 is 0 Å². The fourth-order valence-corrected chi connectivity index (χ4v) is 2.85. The number of hydrogen-bond acceptors (Lipinski definition) is 2. The van der Waals surface area contributed by atoms with Gasteiger partial charge in [-0.1, -0.05) is 24.3 Å². The Bertz CT molecular complexity index is 768. The third-order valence-corrected chi connectivity index (χ3v) is 4.26. The predicted octanol–water partition coefficient (Wildman–Crippen LogP) is 3.15. The summed E-state index contributed by atoms with van der Waals surface area (Å²) in [5.41, 5.74) is 4.84. The summed E-state index contributed by atoms with van der Waals surface area (Å²) in [6.45, 7) is 2.63. The molecule has 0 atom stereocenters. The molecule has 0 saturated heterocycles. The Morgan fingerprint density at radius 1 is 1.17 bits per heavy atom. The largest absolute Gasteiger partial charge is 0.337 e. The molecule has 2 aromatic rings. The Balaban J connectivity index is 1.77. The summed E-state index contributed by atoms with van der Waals surface area (Å²) < 4.78 is 0. The zero-order valence-corrected chi connectivity index (χ0v) is 13.4. The van der Waals surface area contributed by atoms with Crippen LogP contribution in [0.25, 0.3) is 0 Å². The monoisotopic (exact) mass is 308 g/mol. The zero-order valence-electron chi connectivity index (χ0n) is 13.4. The molecule has 1 N–H and O–H groups in total. The maximum absolute atomic E-state index is 12.6. The van der Waals surface area contributed by atoms with E-state index < -0.39 is 0 Å². The fraction of sp³-hybridized carbons (Fsp3) is 0.263. The molecule has 2 aromatic carbocycles. The van der Waals surface area contributed by atoms with Crippen LogP contribution in [0.5, 0.6) is 0 Å². The Morgan fingerprint density at radius 3 is 2.74 bits per heavy atom. The molecule has 118 valence electrons. The van der Waals surface area contributed by atoms with Gasteiger partial charge in [-0.25, -0.2) is 0 Å². The second kappa shape index (κ2) is 6.24. The van der Waals surface area contributed by atoms with E-state index in [1.165, 1.54) is 5.56 Å². The topological polar surface area (TPSA) is 49.4 Å². The lowest BCUT2D eigenvalue weighted by Gasteiger charge is -2.21. The lowest BCUT2D eigenvalue weighted by atomic mass is 10.00. The normalized spacial score (nSPS) is 13.2. The number of nitrogens with zero attached hydrogens (tertiary/aromatic N) is 1. The Kier molecular flexibility index (Phi) is 4.15. The average molecular weight is 308 g/mol. The van der Waals surface area contributed by atoms with Crippen molar-refractivity contribution in [2.75, 3.05) is 12.4 Å². The number of nitrogens with one attached hydrogen (secondary N) is 1. The first-order valence-corrected chi connectivity index (χ1v) is 7.77. The maximum Gasteiger partial charge on any atom is 0.253 e. The number of anilines is 1. The highest BCUT2D eigenvalue weighted by Crippen LogP contribution is 2.24. The van der Waals surface area contributed by atoms with Gasteiger partial charge in [-0.3, -0.25) is 9.59 Å². The lowest BCUT2D eigenvalue weighted by molar-refractivity contribution is -0.116. The molecule has 0 aromatic heterocycles. The molecule has 4 nitrogen and oxygen atoms in total. The van der Waals surface area contributed by atoms with Crippen LogP contribution in [0.1, 0.15) is 33.5 Å². The van der Waals surface area contributed by atoms with Gasteiger partial charge < -0.3 is 10.2 Å². The van der Waals surface area contributed by atoms with Gasteiger partial charge in [0.05, 0.1) is 0 Å². The van der Waals surface area contributed by atoms with Crippen molar-refractivity contribution < 1.29 is 9.59 Å². The smallest absolute Gasteiger partial charge is 0.253 e. The third-order valence-electron chi connectivity index (χ3n) is 4.26. The molecule has 1 heterocycles. The van der Waals surface area contributed by atoms with Gasteiger partial charge in [0.25, 0.3) is 5.91 Å². The molecule has 1 aliphatic rings. The van der Waals surface area contributed by atoms with Gasteiger partial charge in [-0.15, -0.1) is 0 Å². The second-order valence-electron chi connectivity index (χ2n) is 6.01. The minimum Gasteiger partial charge on any atom is -0.337 e. The highest BCUT2D eigenvalue weighted by Gasteiger charge is 2.18. The summed E-state index contributed by atoms with van der Waals surface area (Å²) in [5, 5.41) is 2.84. The van der Waals surface area contributed by atoms with Gasteiger partial charge in [0.2, 0.25) is 5.91 Å². The minimum absolute atomic E-state index is 0.00652. The number of amides is 2. The molecule has 0 saturated carbocycles. The molecule has 23 heavy (non-hydrogen) atoms. The first-order chi connectivity index (χ1) is 11.0. The van der Waals surface area contributed by atoms with Crippen molar-refractivity contribution >= 4 is 17.5 Å². The van der Waals surface area contributed by atoms with Crippen molar-refractivity contribution in [3.63, 3.8) is 0 Å². The van der Waals surface area contributed by atoms with E-state index in [-0.39, 0.29) is 11.8 Å². The number of benzene rings is 2. The van der Waals surface area contributed by atoms with Gasteiger partial charge in [0, 0.05) is 31.3 Å². The molecule has 0 bridgehead atoms. The standard InChI is InChI=1S/C19H20N2O2/c1-13-5-3-4-6-16(13)12-21(2)19(23)15-7-9-17-14(11-15)8-10-18(22)20-17/h3-7,9,11H,8,10,12H2,1-2H3,(H,20,22). The molecule has 2 amide bonds. The van der Waals surface area contributed by atoms with Crippen molar-refractivity contribution in [2.45, 2.75) is 26.3 Å². The number of fused-ring (bicyclic) bond motifs is 1. The number of aryl methyl sites for hydroxylation is 2. The fourth-order valence-electron chi connectivity index (χ4n) is 2.85. The second-order valence-corrected chi connectivity index (χ2v) is 6.01. The lowest BCUT2D eigenvalue weighted by Crippen LogP contribution is -2.27. The van der Waals surface area contributed by atoms with Gasteiger partial charge in [0.1, 0.15) is 0 Å². The van der Waals surface area contributed by atoms with E-state index in [2.05, 4.69) is 18.3 Å². The first kappa shape index (κ1) is 15.3. The molecule has 0 radical (unpaired) electrons. The van der Waals surface area contributed by atoms with Crippen molar-refractivity contribution in [1.29, 1.82) is 0 Å². The van der Waals surface area contributed by atoms with E-state index in [1.54, 1.807) is 11.0 Å². The highest BCUT2D eigenvalue weighted by molar-refractivity contribution is 5.97. The number of carbonyl (C=O) groups is 2. The molecule has 0 aliphatic carbocycles. The quantitative estimate of drug-likeness (QED) is 0.947. The summed E-state index contributed by atoms with van der Waals surface area (Å²) in [5.74, 6) is 0.0289. The maximum atomic E-state index is 12.6. The van der Waals surface area contributed by atoms with Crippen LogP contribution in [-0.2, 0) is 17.8 Å². The average Bonchev–Trinajstić information content (AvgIpc) is 2.55. The Labute approximate surface area is 136 Å². The summed E-state index contributed by atoms with van der Waals surface area (Å²) in [4.78, 5) is 25.8. The zero-order chi connectivity index (χ0) is 16.4. The molecular weight excluding hydrogens is 288 g/mol. The predicted molar refractivity (Wildman–Crippen MR) is 90.4 cm³/mol. The van der Waals surface area contributed by atoms with Crippen LogP contribution in [0.15, 0.2) is 42.5 Å². The first-order valence-electron chi connectivity index (χ1n) is 7.77. The number of hydrogen-bond donors (Lipinski definition) is 1. The molecule has 4 heteroatoms. The van der Waals surface area contributed by atoms with Crippen LogP contribution in [0.3, 0.4) is 0 Å². The Morgan fingerprint density at radius 2 is 1.96 bits per heavy atom. The van der Waals surface area contributed by atoms with E-state index in [9.17, 15) is 9.59 Å². The minimum atomic E-state index is -0.00652. The van der Waals surface area contributed by atoms with Crippen molar-refractivity contribution in [2.24, 2.45) is 0 Å². The highest BCUT2D eigenvalue weighted by atomic mass is 16.2. The Hall–Kier alpha value is -2.62. The van der Waals surface area contributed by atoms with Crippen LogP contribution in [-0.4, -0.2) is 23.8 Å². The van der Waals surface area contributed by atoms with Crippen LogP contribution in [0, 0.1) is 6.92 Å². The number of carbonyl (C=O) groups excluding carboxylic acids is 2. The van der Waals surface area contributed by atoms with E-state index in [4.69, 9.17) is 0 Å². The summed E-state index contributed by atoms with van der Waals surface area (Å²) in [6.07, 6.45) is 1.16. The van der Waals surface area contributed by atoms with Crippen LogP contribution in [0.2, 0.25) is 0 Å². The number of rotatable bonds is 3. The molecule has 0 spiro atoms. The van der Waals surface area contributed by atoms with Gasteiger partial charge >= 0.3 is 0 Å². The van der Waals surface area contributed by atoms with E-state index in [0.717, 1.165) is 16.8 Å². The van der Waals surface area contributed by atoms with Gasteiger partial charge in [-0.2, -0.15) is 0 Å². The molecular formula is C19H20N2O2. The van der Waals surface area contributed by atoms with E-state index in [1.807, 2.05) is 37.4 Å². The summed E-state index contributed by atoms with van der Waals surface area (Å²) >= 11 is 0. The van der Waals surface area contributed by atoms with Crippen LogP contribution < -0.4 is 5.32 Å². The van der Waals surface area contributed by atoms with Crippen LogP contribution >= 0.6 is 0 Å². The SMILES string of the molecule is Cc1ccccc1CN(C)C(=O)c1ccc2c(c1)CCC(=O)N2. The molecule has 1 aliphatic heterocycles. The van der Waals surface area contributed by atoms with E-state index in [0.29, 0.717) is 24.9 Å². The molecule has 3 rings (SSSR count). The molecule has 0 fully saturated rings. The van der Waals surface area contributed by atoms with Crippen molar-refractivity contribution in [3.05, 3.63) is 64.7 Å². The third kappa shape index (κ3) is 3.26. The van der Waals surface area contributed by atoms with Crippen LogP contribution in [0.4, 0.5) is 5.69 Å². The molecule has 0 unspecified atom stereocenters. The van der Waals surface area contributed by atoms with Gasteiger partial charge in [0.15, 0.2) is 0 Å². The summed E-state index contributed by atoms with van der Waals surface area (Å²) in [6, 6.07) is 13.6. The van der Waals surface area contributed by atoms with Gasteiger partial charge in [-0.05, 0) is 48.2 Å².